The number of hydrogen-bond acceptors (Lipinski definition) is 9. The molecule has 11 heteroatoms. The number of aliphatic hydroxyl groups is 1. The molecule has 1 amide bonds. The molecule has 0 unspecified atom stereocenters. The fraction of sp³-hybridized carbons (Fsp3) is 0.462. The number of halogens is 1. The topological polar surface area (TPSA) is 121 Å². The first kappa shape index (κ1) is 27.5. The number of benzene rings is 1. The monoisotopic (exact) mass is 545 g/mol. The third kappa shape index (κ3) is 6.69. The highest BCUT2D eigenvalue weighted by molar-refractivity contribution is 7.99. The zero-order chi connectivity index (χ0) is 26.3. The third-order valence-corrected chi connectivity index (χ3v) is 8.40. The van der Waals surface area contributed by atoms with Crippen molar-refractivity contribution in [3.63, 3.8) is 0 Å². The number of carbonyl (C=O) groups is 1. The average molecular weight is 546 g/mol. The number of ether oxygens (including phenoxy) is 1. The van der Waals surface area contributed by atoms with Crippen molar-refractivity contribution < 1.29 is 19.8 Å². The molecular formula is C26H32ClN5O4S. The minimum Gasteiger partial charge on any atom is -0.497 e. The fourth-order valence-corrected chi connectivity index (χ4v) is 5.96. The number of nitrogens with zero attached hydrogens (tertiary/aromatic N) is 4. The van der Waals surface area contributed by atoms with Crippen molar-refractivity contribution in [3.05, 3.63) is 53.6 Å². The van der Waals surface area contributed by atoms with Gasteiger partial charge in [0, 0.05) is 35.3 Å². The lowest BCUT2D eigenvalue weighted by Gasteiger charge is -2.40. The number of aromatic nitrogens is 3. The smallest absolute Gasteiger partial charge is 0.249 e. The van der Waals surface area contributed by atoms with Crippen LogP contribution in [0.3, 0.4) is 0 Å². The van der Waals surface area contributed by atoms with Gasteiger partial charge in [0.25, 0.3) is 0 Å². The van der Waals surface area contributed by atoms with Gasteiger partial charge in [-0.05, 0) is 69.9 Å². The molecule has 1 saturated heterocycles. The van der Waals surface area contributed by atoms with Crippen LogP contribution in [0.2, 0.25) is 5.02 Å². The van der Waals surface area contributed by atoms with Gasteiger partial charge in [-0.25, -0.2) is 10.5 Å². The minimum absolute atomic E-state index is 0.318. The molecule has 0 aliphatic carbocycles. The van der Waals surface area contributed by atoms with E-state index in [0.29, 0.717) is 52.9 Å². The van der Waals surface area contributed by atoms with E-state index in [4.69, 9.17) is 16.3 Å². The van der Waals surface area contributed by atoms with Crippen LogP contribution in [0, 0.1) is 5.41 Å². The molecule has 0 bridgehead atoms. The van der Waals surface area contributed by atoms with Crippen LogP contribution >= 0.6 is 23.4 Å². The van der Waals surface area contributed by atoms with Crippen LogP contribution in [0.15, 0.2) is 48.0 Å². The number of carbonyl (C=O) groups excluding carboxylic acids is 1. The second-order valence-corrected chi connectivity index (χ2v) is 10.8. The number of amides is 1. The van der Waals surface area contributed by atoms with Gasteiger partial charge in [0.05, 0.1) is 35.4 Å². The van der Waals surface area contributed by atoms with E-state index in [9.17, 15) is 15.1 Å². The summed E-state index contributed by atoms with van der Waals surface area (Å²) in [5, 5.41) is 22.7. The predicted molar refractivity (Wildman–Crippen MR) is 143 cm³/mol. The highest BCUT2D eigenvalue weighted by Crippen LogP contribution is 2.41. The Hall–Kier alpha value is -2.50. The molecule has 0 saturated carbocycles. The van der Waals surface area contributed by atoms with Crippen LogP contribution in [0.25, 0.3) is 10.9 Å². The molecule has 0 radical (unpaired) electrons. The van der Waals surface area contributed by atoms with E-state index in [2.05, 4.69) is 19.9 Å². The van der Waals surface area contributed by atoms with E-state index >= 15 is 0 Å². The molecule has 198 valence electrons. The molecule has 2 aromatic heterocycles. The molecule has 1 fully saturated rings. The molecule has 3 N–H and O–H groups in total. The first-order valence-corrected chi connectivity index (χ1v) is 13.7. The molecule has 1 aliphatic rings. The van der Waals surface area contributed by atoms with Crippen LogP contribution in [0.5, 0.6) is 5.75 Å². The molecule has 3 heterocycles. The lowest BCUT2D eigenvalue weighted by molar-refractivity contribution is -0.143. The number of rotatable bonds is 11. The van der Waals surface area contributed by atoms with Crippen molar-refractivity contribution in [2.45, 2.75) is 43.2 Å². The number of methoxy groups -OCH3 is 1. The van der Waals surface area contributed by atoms with Gasteiger partial charge >= 0.3 is 0 Å². The Labute approximate surface area is 225 Å². The molecular weight excluding hydrogens is 514 g/mol. The largest absolute Gasteiger partial charge is 0.497 e. The Morgan fingerprint density at radius 2 is 2.08 bits per heavy atom. The van der Waals surface area contributed by atoms with E-state index in [-0.39, 0.29) is 0 Å². The summed E-state index contributed by atoms with van der Waals surface area (Å²) in [5.41, 5.74) is 2.39. The number of pyridine rings is 1. The number of hydrogen-bond donors (Lipinski definition) is 3. The van der Waals surface area contributed by atoms with Crippen LogP contribution in [0.4, 0.5) is 0 Å². The Kier molecular flexibility index (Phi) is 9.55. The van der Waals surface area contributed by atoms with E-state index in [1.54, 1.807) is 37.5 Å². The maximum atomic E-state index is 12.8. The molecule has 4 rings (SSSR count). The molecule has 3 aromatic rings. The maximum absolute atomic E-state index is 12.8. The number of piperidine rings is 1. The zero-order valence-corrected chi connectivity index (χ0v) is 22.3. The van der Waals surface area contributed by atoms with Crippen molar-refractivity contribution in [2.24, 2.45) is 5.41 Å². The predicted octanol–water partition coefficient (Wildman–Crippen LogP) is 4.27. The molecule has 1 aromatic carbocycles. The third-order valence-electron chi connectivity index (χ3n) is 7.10. The summed E-state index contributed by atoms with van der Waals surface area (Å²) < 4.78 is 5.34. The Morgan fingerprint density at radius 1 is 1.27 bits per heavy atom. The lowest BCUT2D eigenvalue weighted by Crippen LogP contribution is -2.48. The van der Waals surface area contributed by atoms with Crippen LogP contribution in [-0.2, 0) is 4.79 Å². The summed E-state index contributed by atoms with van der Waals surface area (Å²) >= 11 is 8.14. The SMILES string of the molecule is COc1ccc2ncc(Cl)c([C@H](O)CCC3(C(=O)NO)CCN(CCCSc4cnccn4)CC3)c2c1. The Bertz CT molecular complexity index is 1190. The zero-order valence-electron chi connectivity index (χ0n) is 20.8. The van der Waals surface area contributed by atoms with Gasteiger partial charge in [0.2, 0.25) is 5.91 Å². The first-order chi connectivity index (χ1) is 18.0. The van der Waals surface area contributed by atoms with Crippen LogP contribution in [-0.4, -0.2) is 68.6 Å². The minimum atomic E-state index is -0.899. The number of thioether (sulfide) groups is 1. The maximum Gasteiger partial charge on any atom is 0.249 e. The highest BCUT2D eigenvalue weighted by atomic mass is 35.5. The number of nitrogens with one attached hydrogen (secondary N) is 1. The number of fused-ring (bicyclic) bond motifs is 1. The van der Waals surface area contributed by atoms with Crippen molar-refractivity contribution >= 4 is 40.2 Å². The van der Waals surface area contributed by atoms with Gasteiger partial charge in [0.1, 0.15) is 10.8 Å². The van der Waals surface area contributed by atoms with E-state index in [1.807, 2.05) is 23.7 Å². The van der Waals surface area contributed by atoms with Crippen LogP contribution < -0.4 is 10.2 Å². The van der Waals surface area contributed by atoms with Gasteiger partial charge in [-0.15, -0.1) is 11.8 Å². The van der Waals surface area contributed by atoms with Crippen molar-refractivity contribution in [3.8, 4) is 5.75 Å². The molecule has 9 nitrogen and oxygen atoms in total. The number of aliphatic hydroxyl groups excluding tert-OH is 1. The van der Waals surface area contributed by atoms with Gasteiger partial charge in [-0.2, -0.15) is 0 Å². The summed E-state index contributed by atoms with van der Waals surface area (Å²) in [7, 11) is 1.58. The molecule has 0 spiro atoms. The van der Waals surface area contributed by atoms with Gasteiger partial charge in [-0.1, -0.05) is 11.6 Å². The second-order valence-electron chi connectivity index (χ2n) is 9.27. The van der Waals surface area contributed by atoms with Crippen LogP contribution in [0.1, 0.15) is 43.8 Å². The van der Waals surface area contributed by atoms with E-state index in [0.717, 1.165) is 36.8 Å². The van der Waals surface area contributed by atoms with Crippen molar-refractivity contribution in [2.75, 3.05) is 32.5 Å². The summed E-state index contributed by atoms with van der Waals surface area (Å²) in [6.07, 6.45) is 8.69. The lowest BCUT2D eigenvalue weighted by atomic mass is 9.73. The summed E-state index contributed by atoms with van der Waals surface area (Å²) in [6.45, 7) is 2.41. The number of likely N-dealkylation sites (tertiary alicyclic amines) is 1. The number of hydroxylamine groups is 1. The molecule has 37 heavy (non-hydrogen) atoms. The van der Waals surface area contributed by atoms with Gasteiger partial charge < -0.3 is 14.7 Å². The van der Waals surface area contributed by atoms with Crippen molar-refractivity contribution in [1.82, 2.24) is 25.3 Å². The Morgan fingerprint density at radius 3 is 2.78 bits per heavy atom. The quantitative estimate of drug-likeness (QED) is 0.140. The summed E-state index contributed by atoms with van der Waals surface area (Å²) in [5.74, 6) is 1.18. The second kappa shape index (κ2) is 12.8. The Balaban J connectivity index is 1.36. The average Bonchev–Trinajstić information content (AvgIpc) is 2.94. The van der Waals surface area contributed by atoms with Gasteiger partial charge in [0.15, 0.2) is 0 Å². The summed E-state index contributed by atoms with van der Waals surface area (Å²) in [4.78, 5) is 27.9. The van der Waals surface area contributed by atoms with E-state index < -0.39 is 17.4 Å². The normalized spacial score (nSPS) is 16.4. The molecule has 1 aliphatic heterocycles. The standard InChI is InChI=1S/C26H32ClN5O4S/c1-36-18-3-4-21-19(15-18)24(20(27)16-30-21)22(33)5-6-26(25(34)31-35)7-12-32(13-8-26)11-2-14-37-23-17-28-9-10-29-23/h3-4,9-10,15-17,22,33,35H,2,5-8,11-14H2,1H3,(H,31,34)/t22-/m1/s1. The van der Waals surface area contributed by atoms with Gasteiger partial charge in [-0.3, -0.25) is 20.0 Å². The van der Waals surface area contributed by atoms with E-state index in [1.165, 1.54) is 6.20 Å². The first-order valence-electron chi connectivity index (χ1n) is 12.3. The fourth-order valence-electron chi connectivity index (χ4n) is 4.93. The summed E-state index contributed by atoms with van der Waals surface area (Å²) in [6, 6.07) is 5.44. The van der Waals surface area contributed by atoms with Crippen molar-refractivity contribution in [1.29, 1.82) is 0 Å². The molecule has 1 atom stereocenters. The highest BCUT2D eigenvalue weighted by Gasteiger charge is 2.41.